The SMILES string of the molecule is C=CC(=O)O.CCCC(N)(CCC)CCC. The van der Waals surface area contributed by atoms with Crippen LogP contribution >= 0.6 is 0 Å². The molecule has 0 aliphatic carbocycles. The van der Waals surface area contributed by atoms with Crippen molar-refractivity contribution >= 4 is 5.97 Å². The Morgan fingerprint density at radius 2 is 1.44 bits per heavy atom. The van der Waals surface area contributed by atoms with Crippen LogP contribution in [-0.4, -0.2) is 16.6 Å². The molecule has 0 heterocycles. The molecule has 0 unspecified atom stereocenters. The van der Waals surface area contributed by atoms with Crippen molar-refractivity contribution in [3.8, 4) is 0 Å². The summed E-state index contributed by atoms with van der Waals surface area (Å²) >= 11 is 0. The summed E-state index contributed by atoms with van der Waals surface area (Å²) in [6, 6.07) is 0. The maximum Gasteiger partial charge on any atom is 0.327 e. The molecule has 0 radical (unpaired) electrons. The predicted molar refractivity (Wildman–Crippen MR) is 69.5 cm³/mol. The Balaban J connectivity index is 0. The molecule has 0 atom stereocenters. The quantitative estimate of drug-likeness (QED) is 0.658. The molecule has 0 aliphatic heterocycles. The lowest BCUT2D eigenvalue weighted by Crippen LogP contribution is -2.39. The van der Waals surface area contributed by atoms with Crippen molar-refractivity contribution in [1.82, 2.24) is 0 Å². The van der Waals surface area contributed by atoms with Crippen molar-refractivity contribution in [2.45, 2.75) is 64.8 Å². The summed E-state index contributed by atoms with van der Waals surface area (Å²) in [6.07, 6.45) is 8.06. The van der Waals surface area contributed by atoms with Gasteiger partial charge in [0.25, 0.3) is 0 Å². The maximum absolute atomic E-state index is 9.25. The van der Waals surface area contributed by atoms with E-state index < -0.39 is 5.97 Å². The van der Waals surface area contributed by atoms with Gasteiger partial charge in [0.15, 0.2) is 0 Å². The van der Waals surface area contributed by atoms with Crippen LogP contribution in [0.15, 0.2) is 12.7 Å². The van der Waals surface area contributed by atoms with Crippen molar-refractivity contribution in [1.29, 1.82) is 0 Å². The molecule has 3 N–H and O–H groups in total. The van der Waals surface area contributed by atoms with Crippen LogP contribution in [0, 0.1) is 0 Å². The van der Waals surface area contributed by atoms with Gasteiger partial charge < -0.3 is 10.8 Å². The fourth-order valence-corrected chi connectivity index (χ4v) is 1.87. The Morgan fingerprint density at radius 3 is 1.56 bits per heavy atom. The van der Waals surface area contributed by atoms with Crippen LogP contribution in [0.4, 0.5) is 0 Å². The van der Waals surface area contributed by atoms with Gasteiger partial charge in [-0.15, -0.1) is 0 Å². The highest BCUT2D eigenvalue weighted by Crippen LogP contribution is 2.21. The number of rotatable bonds is 7. The summed E-state index contributed by atoms with van der Waals surface area (Å²) < 4.78 is 0. The molecule has 0 fully saturated rings. The number of carbonyl (C=O) groups is 1. The van der Waals surface area contributed by atoms with E-state index in [0.717, 1.165) is 6.08 Å². The Bertz CT molecular complexity index is 173. The highest BCUT2D eigenvalue weighted by Gasteiger charge is 2.20. The summed E-state index contributed by atoms with van der Waals surface area (Å²) in [5.41, 5.74) is 6.38. The van der Waals surface area contributed by atoms with Gasteiger partial charge in [0.2, 0.25) is 0 Å². The average Bonchev–Trinajstić information content (AvgIpc) is 2.19. The summed E-state index contributed by atoms with van der Waals surface area (Å²) in [4.78, 5) is 9.25. The molecule has 0 spiro atoms. The number of carboxylic acid groups (broad SMARTS) is 1. The Kier molecular flexibility index (Phi) is 11.7. The Labute approximate surface area is 99.7 Å². The fraction of sp³-hybridized carbons (Fsp3) is 0.769. The number of nitrogens with two attached hydrogens (primary N) is 1. The zero-order chi connectivity index (χ0) is 13.0. The standard InChI is InChI=1S/C10H23N.C3H4O2/c1-4-7-10(11,8-5-2)9-6-3;1-2-3(4)5/h4-9,11H2,1-3H3;2H,1H2,(H,4,5). The van der Waals surface area contributed by atoms with Gasteiger partial charge in [0.1, 0.15) is 0 Å². The molecule has 0 saturated carbocycles. The third-order valence-electron chi connectivity index (χ3n) is 2.42. The predicted octanol–water partition coefficient (Wildman–Crippen LogP) is 3.34. The lowest BCUT2D eigenvalue weighted by Gasteiger charge is -2.28. The molecular weight excluding hydrogens is 202 g/mol. The number of carboxylic acids is 1. The van der Waals surface area contributed by atoms with Crippen molar-refractivity contribution in [2.24, 2.45) is 5.73 Å². The second kappa shape index (κ2) is 10.7. The zero-order valence-electron chi connectivity index (χ0n) is 11.0. The third kappa shape index (κ3) is 11.2. The molecule has 0 bridgehead atoms. The van der Waals surface area contributed by atoms with E-state index >= 15 is 0 Å². The molecule has 16 heavy (non-hydrogen) atoms. The van der Waals surface area contributed by atoms with Gasteiger partial charge in [-0.25, -0.2) is 4.79 Å². The lowest BCUT2D eigenvalue weighted by molar-refractivity contribution is -0.131. The number of hydrogen-bond donors (Lipinski definition) is 2. The van der Waals surface area contributed by atoms with E-state index in [1.165, 1.54) is 38.5 Å². The molecule has 0 rings (SSSR count). The van der Waals surface area contributed by atoms with Gasteiger partial charge in [0, 0.05) is 11.6 Å². The highest BCUT2D eigenvalue weighted by atomic mass is 16.4. The molecule has 0 aromatic heterocycles. The first-order chi connectivity index (χ1) is 7.45. The first-order valence-electron chi connectivity index (χ1n) is 6.10. The van der Waals surface area contributed by atoms with Gasteiger partial charge >= 0.3 is 5.97 Å². The smallest absolute Gasteiger partial charge is 0.327 e. The minimum Gasteiger partial charge on any atom is -0.478 e. The highest BCUT2D eigenvalue weighted by molar-refractivity contribution is 5.78. The van der Waals surface area contributed by atoms with E-state index in [0.29, 0.717) is 0 Å². The normalized spacial score (nSPS) is 10.2. The van der Waals surface area contributed by atoms with Crippen LogP contribution in [0.1, 0.15) is 59.3 Å². The van der Waals surface area contributed by atoms with Crippen LogP contribution in [0.2, 0.25) is 0 Å². The maximum atomic E-state index is 9.25. The van der Waals surface area contributed by atoms with E-state index in [9.17, 15) is 4.79 Å². The monoisotopic (exact) mass is 229 g/mol. The second-order valence-electron chi connectivity index (χ2n) is 4.15. The van der Waals surface area contributed by atoms with Crippen molar-refractivity contribution < 1.29 is 9.90 Å². The van der Waals surface area contributed by atoms with Crippen LogP contribution in [0.5, 0.6) is 0 Å². The Hall–Kier alpha value is -0.830. The molecule has 3 nitrogen and oxygen atoms in total. The Morgan fingerprint density at radius 1 is 1.19 bits per heavy atom. The molecular formula is C13H27NO2. The van der Waals surface area contributed by atoms with E-state index in [1.807, 2.05) is 0 Å². The van der Waals surface area contributed by atoms with E-state index in [-0.39, 0.29) is 5.54 Å². The summed E-state index contributed by atoms with van der Waals surface area (Å²) in [6.45, 7) is 9.61. The molecule has 0 aromatic carbocycles. The van der Waals surface area contributed by atoms with Gasteiger partial charge in [-0.05, 0) is 19.3 Å². The van der Waals surface area contributed by atoms with Crippen molar-refractivity contribution in [3.63, 3.8) is 0 Å². The van der Waals surface area contributed by atoms with Gasteiger partial charge in [-0.2, -0.15) is 0 Å². The van der Waals surface area contributed by atoms with Crippen LogP contribution in [-0.2, 0) is 4.79 Å². The van der Waals surface area contributed by atoms with Gasteiger partial charge in [0.05, 0.1) is 0 Å². The fourth-order valence-electron chi connectivity index (χ4n) is 1.87. The molecule has 96 valence electrons. The van der Waals surface area contributed by atoms with E-state index in [4.69, 9.17) is 10.8 Å². The second-order valence-corrected chi connectivity index (χ2v) is 4.15. The number of hydrogen-bond acceptors (Lipinski definition) is 2. The summed E-state index contributed by atoms with van der Waals surface area (Å²) in [5, 5.41) is 7.60. The van der Waals surface area contributed by atoms with Crippen molar-refractivity contribution in [3.05, 3.63) is 12.7 Å². The van der Waals surface area contributed by atoms with Gasteiger partial charge in [-0.3, -0.25) is 0 Å². The van der Waals surface area contributed by atoms with E-state index in [1.54, 1.807) is 0 Å². The molecule has 0 amide bonds. The minimum atomic E-state index is -0.981. The summed E-state index contributed by atoms with van der Waals surface area (Å²) in [5.74, 6) is -0.981. The zero-order valence-corrected chi connectivity index (χ0v) is 11.0. The van der Waals surface area contributed by atoms with E-state index in [2.05, 4.69) is 27.4 Å². The van der Waals surface area contributed by atoms with Crippen LogP contribution in [0.25, 0.3) is 0 Å². The molecule has 0 aliphatic rings. The molecule has 0 saturated heterocycles. The topological polar surface area (TPSA) is 63.3 Å². The largest absolute Gasteiger partial charge is 0.478 e. The van der Waals surface area contributed by atoms with Crippen LogP contribution < -0.4 is 5.73 Å². The summed E-state index contributed by atoms with van der Waals surface area (Å²) in [7, 11) is 0. The lowest BCUT2D eigenvalue weighted by atomic mass is 9.86. The first-order valence-corrected chi connectivity index (χ1v) is 6.10. The van der Waals surface area contributed by atoms with Gasteiger partial charge in [-0.1, -0.05) is 46.6 Å². The number of aliphatic carboxylic acids is 1. The molecule has 0 aromatic rings. The first kappa shape index (κ1) is 17.6. The minimum absolute atomic E-state index is 0.151. The van der Waals surface area contributed by atoms with Crippen molar-refractivity contribution in [2.75, 3.05) is 0 Å². The third-order valence-corrected chi connectivity index (χ3v) is 2.42. The molecule has 3 heteroatoms. The average molecular weight is 229 g/mol. The van der Waals surface area contributed by atoms with Crippen LogP contribution in [0.3, 0.4) is 0 Å².